The molecule has 2 aromatic rings. The molecule has 4 rings (SSSR count). The molecule has 0 radical (unpaired) electrons. The highest BCUT2D eigenvalue weighted by Crippen LogP contribution is 2.54. The third kappa shape index (κ3) is 2.35. The molecule has 2 aliphatic carbocycles. The molecule has 1 aromatic carbocycles. The monoisotopic (exact) mass is 351 g/mol. The second-order valence-electron chi connectivity index (χ2n) is 8.22. The van der Waals surface area contributed by atoms with Crippen LogP contribution in [-0.2, 0) is 16.6 Å². The first-order valence-electron chi connectivity index (χ1n) is 9.24. The SMILES string of the molecule is CCC1(c2cccc(OC)c2)C2=C(Cc3ncoc31)CC(C)(C)CC2=O. The van der Waals surface area contributed by atoms with Crippen molar-refractivity contribution in [2.24, 2.45) is 5.41 Å². The van der Waals surface area contributed by atoms with E-state index in [4.69, 9.17) is 9.15 Å². The van der Waals surface area contributed by atoms with E-state index < -0.39 is 5.41 Å². The van der Waals surface area contributed by atoms with Crippen LogP contribution in [0.3, 0.4) is 0 Å². The van der Waals surface area contributed by atoms with E-state index in [-0.39, 0.29) is 11.2 Å². The Labute approximate surface area is 154 Å². The number of allylic oxidation sites excluding steroid dienone is 2. The maximum atomic E-state index is 13.3. The number of oxazole rings is 1. The molecule has 0 N–H and O–H groups in total. The van der Waals surface area contributed by atoms with E-state index >= 15 is 0 Å². The van der Waals surface area contributed by atoms with Crippen LogP contribution in [0.25, 0.3) is 0 Å². The number of ether oxygens (including phenoxy) is 1. The number of methoxy groups -OCH3 is 1. The first kappa shape index (κ1) is 17.1. The minimum Gasteiger partial charge on any atom is -0.497 e. The molecule has 1 unspecified atom stereocenters. The number of carbonyl (C=O) groups is 1. The van der Waals surface area contributed by atoms with Gasteiger partial charge in [-0.3, -0.25) is 4.79 Å². The standard InChI is InChI=1S/C22H25NO3/c1-5-22(15-7-6-8-16(10-15)25-4)19-14(9-17-20(22)26-13-23-17)11-21(2,3)12-18(19)24/h6-8,10,13H,5,9,11-12H2,1-4H3. The number of nitrogens with zero attached hydrogens (tertiary/aromatic N) is 1. The van der Waals surface area contributed by atoms with Crippen LogP contribution >= 0.6 is 0 Å². The lowest BCUT2D eigenvalue weighted by Crippen LogP contribution is -2.42. The second-order valence-corrected chi connectivity index (χ2v) is 8.22. The zero-order valence-corrected chi connectivity index (χ0v) is 15.9. The summed E-state index contributed by atoms with van der Waals surface area (Å²) >= 11 is 0. The third-order valence-electron chi connectivity index (χ3n) is 5.89. The maximum absolute atomic E-state index is 13.3. The van der Waals surface area contributed by atoms with Crippen LogP contribution in [0.5, 0.6) is 5.75 Å². The maximum Gasteiger partial charge on any atom is 0.181 e. The van der Waals surface area contributed by atoms with Crippen molar-refractivity contribution in [2.75, 3.05) is 7.11 Å². The number of fused-ring (bicyclic) bond motifs is 1. The van der Waals surface area contributed by atoms with Crippen molar-refractivity contribution in [1.29, 1.82) is 0 Å². The third-order valence-corrected chi connectivity index (χ3v) is 5.89. The van der Waals surface area contributed by atoms with Crippen LogP contribution in [0.15, 0.2) is 46.2 Å². The molecule has 136 valence electrons. The number of carbonyl (C=O) groups excluding carboxylic acids is 1. The minimum atomic E-state index is -0.582. The lowest BCUT2D eigenvalue weighted by atomic mass is 9.58. The molecular weight excluding hydrogens is 326 g/mol. The second kappa shape index (κ2) is 5.83. The van der Waals surface area contributed by atoms with Gasteiger partial charge in [0.15, 0.2) is 12.2 Å². The van der Waals surface area contributed by atoms with E-state index in [0.717, 1.165) is 41.2 Å². The van der Waals surface area contributed by atoms with Gasteiger partial charge in [-0.2, -0.15) is 0 Å². The number of benzene rings is 1. The van der Waals surface area contributed by atoms with Gasteiger partial charge in [0.2, 0.25) is 0 Å². The number of rotatable bonds is 3. The van der Waals surface area contributed by atoms with Crippen LogP contribution in [0, 0.1) is 5.41 Å². The fourth-order valence-electron chi connectivity index (χ4n) is 4.90. The molecule has 26 heavy (non-hydrogen) atoms. The quantitative estimate of drug-likeness (QED) is 0.809. The van der Waals surface area contributed by atoms with Crippen molar-refractivity contribution in [3.05, 3.63) is 58.8 Å². The number of hydrogen-bond donors (Lipinski definition) is 0. The molecular formula is C22H25NO3. The Bertz CT molecular complexity index is 906. The molecule has 0 spiro atoms. The normalized spacial score (nSPS) is 24.2. The first-order chi connectivity index (χ1) is 12.4. The smallest absolute Gasteiger partial charge is 0.181 e. The predicted octanol–water partition coefficient (Wildman–Crippen LogP) is 4.62. The van der Waals surface area contributed by atoms with Crippen molar-refractivity contribution in [3.8, 4) is 5.75 Å². The Balaban J connectivity index is 2.02. The van der Waals surface area contributed by atoms with Gasteiger partial charge in [-0.05, 0) is 36.0 Å². The van der Waals surface area contributed by atoms with Crippen molar-refractivity contribution < 1.29 is 13.9 Å². The average molecular weight is 351 g/mol. The summed E-state index contributed by atoms with van der Waals surface area (Å²) in [6.07, 6.45) is 4.46. The molecule has 0 bridgehead atoms. The summed E-state index contributed by atoms with van der Waals surface area (Å²) in [5.41, 5.74) is 3.55. The first-order valence-corrected chi connectivity index (χ1v) is 9.24. The summed E-state index contributed by atoms with van der Waals surface area (Å²) in [7, 11) is 1.66. The highest BCUT2D eigenvalue weighted by atomic mass is 16.5. The van der Waals surface area contributed by atoms with Crippen LogP contribution in [0.4, 0.5) is 0 Å². The lowest BCUT2D eigenvalue weighted by Gasteiger charge is -2.43. The Kier molecular flexibility index (Phi) is 3.83. The molecule has 4 heteroatoms. The zero-order chi connectivity index (χ0) is 18.5. The fraction of sp³-hybridized carbons (Fsp3) is 0.455. The van der Waals surface area contributed by atoms with Crippen LogP contribution in [-0.4, -0.2) is 17.9 Å². The molecule has 1 aromatic heterocycles. The molecule has 1 atom stereocenters. The largest absolute Gasteiger partial charge is 0.497 e. The van der Waals surface area contributed by atoms with E-state index in [0.29, 0.717) is 12.8 Å². The Hall–Kier alpha value is -2.36. The Morgan fingerprint density at radius 2 is 2.08 bits per heavy atom. The van der Waals surface area contributed by atoms with E-state index in [1.807, 2.05) is 18.2 Å². The van der Waals surface area contributed by atoms with Gasteiger partial charge in [0, 0.05) is 18.4 Å². The Morgan fingerprint density at radius 1 is 1.27 bits per heavy atom. The van der Waals surface area contributed by atoms with Gasteiger partial charge in [-0.25, -0.2) is 4.98 Å². The lowest BCUT2D eigenvalue weighted by molar-refractivity contribution is -0.118. The zero-order valence-electron chi connectivity index (χ0n) is 15.9. The molecule has 0 amide bonds. The summed E-state index contributed by atoms with van der Waals surface area (Å²) < 4.78 is 11.4. The van der Waals surface area contributed by atoms with Gasteiger partial charge < -0.3 is 9.15 Å². The van der Waals surface area contributed by atoms with Crippen molar-refractivity contribution in [1.82, 2.24) is 4.98 Å². The van der Waals surface area contributed by atoms with Crippen LogP contribution in [0.1, 0.15) is 57.1 Å². The topological polar surface area (TPSA) is 52.3 Å². The molecule has 0 saturated heterocycles. The summed E-state index contributed by atoms with van der Waals surface area (Å²) in [5, 5.41) is 0. The molecule has 0 fully saturated rings. The van der Waals surface area contributed by atoms with E-state index in [9.17, 15) is 4.79 Å². The van der Waals surface area contributed by atoms with E-state index in [1.165, 1.54) is 12.0 Å². The summed E-state index contributed by atoms with van der Waals surface area (Å²) in [5.74, 6) is 1.84. The molecule has 0 aliphatic heterocycles. The molecule has 0 saturated carbocycles. The van der Waals surface area contributed by atoms with Crippen molar-refractivity contribution in [2.45, 2.75) is 51.9 Å². The van der Waals surface area contributed by atoms with Gasteiger partial charge in [-0.1, -0.05) is 38.5 Å². The van der Waals surface area contributed by atoms with Crippen LogP contribution in [0.2, 0.25) is 0 Å². The Morgan fingerprint density at radius 3 is 2.81 bits per heavy atom. The summed E-state index contributed by atoms with van der Waals surface area (Å²) in [4.78, 5) is 17.8. The number of hydrogen-bond acceptors (Lipinski definition) is 4. The van der Waals surface area contributed by atoms with Crippen LogP contribution < -0.4 is 4.74 Å². The highest BCUT2D eigenvalue weighted by molar-refractivity contribution is 6.01. The predicted molar refractivity (Wildman–Crippen MR) is 99.3 cm³/mol. The molecule has 2 aliphatic rings. The van der Waals surface area contributed by atoms with E-state index in [2.05, 4.69) is 31.8 Å². The number of Topliss-reactive ketones (excluding diaryl/α,β-unsaturated/α-hetero) is 1. The van der Waals surface area contributed by atoms with Gasteiger partial charge in [-0.15, -0.1) is 0 Å². The van der Waals surface area contributed by atoms with Gasteiger partial charge in [0.1, 0.15) is 11.5 Å². The minimum absolute atomic E-state index is 0.00891. The van der Waals surface area contributed by atoms with Gasteiger partial charge in [0.05, 0.1) is 18.2 Å². The van der Waals surface area contributed by atoms with Gasteiger partial charge >= 0.3 is 0 Å². The molecule has 1 heterocycles. The molecule has 4 nitrogen and oxygen atoms in total. The average Bonchev–Trinajstić information content (AvgIpc) is 3.07. The van der Waals surface area contributed by atoms with Gasteiger partial charge in [0.25, 0.3) is 0 Å². The van der Waals surface area contributed by atoms with E-state index in [1.54, 1.807) is 7.11 Å². The van der Waals surface area contributed by atoms with Crippen molar-refractivity contribution >= 4 is 5.78 Å². The summed E-state index contributed by atoms with van der Waals surface area (Å²) in [6.45, 7) is 6.47. The number of aromatic nitrogens is 1. The number of ketones is 1. The summed E-state index contributed by atoms with van der Waals surface area (Å²) in [6, 6.07) is 8.01. The fourth-order valence-corrected chi connectivity index (χ4v) is 4.90. The van der Waals surface area contributed by atoms with Crippen molar-refractivity contribution in [3.63, 3.8) is 0 Å². The highest BCUT2D eigenvalue weighted by Gasteiger charge is 2.51.